The van der Waals surface area contributed by atoms with Crippen molar-refractivity contribution in [2.75, 3.05) is 24.5 Å². The van der Waals surface area contributed by atoms with Crippen LogP contribution in [0.5, 0.6) is 0 Å². The number of anilines is 1. The number of amides is 1. The highest BCUT2D eigenvalue weighted by Crippen LogP contribution is 2.25. The fourth-order valence-corrected chi connectivity index (χ4v) is 4.07. The number of fused-ring (bicyclic) bond motifs is 1. The van der Waals surface area contributed by atoms with Gasteiger partial charge in [-0.05, 0) is 51.0 Å². The highest BCUT2D eigenvalue weighted by atomic mass is 16.1. The molecule has 2 aromatic heterocycles. The third kappa shape index (κ3) is 4.43. The van der Waals surface area contributed by atoms with E-state index in [2.05, 4.69) is 31.2 Å². The Morgan fingerprint density at radius 2 is 2.11 bits per heavy atom. The number of allylic oxidation sites excluding steroid dienone is 1. The summed E-state index contributed by atoms with van der Waals surface area (Å²) in [4.78, 5) is 27.8. The lowest BCUT2D eigenvalue weighted by Gasteiger charge is -2.33. The molecule has 1 amide bonds. The standard InChI is InChI=1S/C21H27N5O/c27-21(24-9-8-16-5-2-1-3-6-16)17-7-4-12-26(15-17)18-13-19-20(25-14-18)23-11-10-22-19/h5,10-11,13-14,17H,1-4,6-9,12,15H2,(H,24,27)/t17-/m0/s1. The first-order valence-corrected chi connectivity index (χ1v) is 10.1. The van der Waals surface area contributed by atoms with Gasteiger partial charge in [0.1, 0.15) is 5.52 Å². The minimum Gasteiger partial charge on any atom is -0.369 e. The first-order chi connectivity index (χ1) is 13.3. The number of piperidine rings is 1. The van der Waals surface area contributed by atoms with Gasteiger partial charge in [0, 0.05) is 32.0 Å². The Morgan fingerprint density at radius 3 is 3.00 bits per heavy atom. The molecule has 142 valence electrons. The summed E-state index contributed by atoms with van der Waals surface area (Å²) in [7, 11) is 0. The molecule has 0 radical (unpaired) electrons. The number of nitrogens with one attached hydrogen (secondary N) is 1. The maximum atomic E-state index is 12.6. The fraction of sp³-hybridized carbons (Fsp3) is 0.524. The number of carbonyl (C=O) groups is 1. The van der Waals surface area contributed by atoms with Crippen molar-refractivity contribution in [2.24, 2.45) is 5.92 Å². The van der Waals surface area contributed by atoms with Gasteiger partial charge in [-0.2, -0.15) is 0 Å². The van der Waals surface area contributed by atoms with Crippen LogP contribution in [0.3, 0.4) is 0 Å². The highest BCUT2D eigenvalue weighted by Gasteiger charge is 2.26. The molecule has 1 aliphatic carbocycles. The Morgan fingerprint density at radius 1 is 1.19 bits per heavy atom. The van der Waals surface area contributed by atoms with Gasteiger partial charge in [0.25, 0.3) is 0 Å². The van der Waals surface area contributed by atoms with Crippen molar-refractivity contribution in [1.82, 2.24) is 20.3 Å². The summed E-state index contributed by atoms with van der Waals surface area (Å²) in [5.41, 5.74) is 3.98. The summed E-state index contributed by atoms with van der Waals surface area (Å²) in [5.74, 6) is 0.223. The van der Waals surface area contributed by atoms with Gasteiger partial charge in [0.15, 0.2) is 5.65 Å². The average molecular weight is 365 g/mol. The molecule has 1 aliphatic heterocycles. The molecule has 0 spiro atoms. The van der Waals surface area contributed by atoms with E-state index in [1.165, 1.54) is 31.3 Å². The Bertz CT molecular complexity index is 834. The molecule has 6 heteroatoms. The smallest absolute Gasteiger partial charge is 0.224 e. The molecule has 0 bridgehead atoms. The van der Waals surface area contributed by atoms with E-state index in [4.69, 9.17) is 0 Å². The van der Waals surface area contributed by atoms with Crippen LogP contribution in [0.15, 0.2) is 36.3 Å². The predicted molar refractivity (Wildman–Crippen MR) is 106 cm³/mol. The van der Waals surface area contributed by atoms with Crippen LogP contribution in [-0.4, -0.2) is 40.5 Å². The van der Waals surface area contributed by atoms with E-state index in [1.54, 1.807) is 12.4 Å². The minimum atomic E-state index is 0.0386. The van der Waals surface area contributed by atoms with Crippen molar-refractivity contribution in [2.45, 2.75) is 44.9 Å². The van der Waals surface area contributed by atoms with Crippen molar-refractivity contribution in [3.63, 3.8) is 0 Å². The van der Waals surface area contributed by atoms with E-state index < -0.39 is 0 Å². The van der Waals surface area contributed by atoms with E-state index in [1.807, 2.05) is 12.3 Å². The van der Waals surface area contributed by atoms with Crippen LogP contribution < -0.4 is 10.2 Å². The molecule has 4 rings (SSSR count). The summed E-state index contributed by atoms with van der Waals surface area (Å²) >= 11 is 0. The molecule has 1 fully saturated rings. The van der Waals surface area contributed by atoms with Gasteiger partial charge >= 0.3 is 0 Å². The fourth-order valence-electron chi connectivity index (χ4n) is 4.07. The lowest BCUT2D eigenvalue weighted by molar-refractivity contribution is -0.125. The van der Waals surface area contributed by atoms with Crippen LogP contribution in [0.25, 0.3) is 11.2 Å². The summed E-state index contributed by atoms with van der Waals surface area (Å²) in [5, 5.41) is 3.16. The number of rotatable bonds is 5. The lowest BCUT2D eigenvalue weighted by atomic mass is 9.95. The quantitative estimate of drug-likeness (QED) is 0.824. The van der Waals surface area contributed by atoms with Gasteiger partial charge in [-0.1, -0.05) is 11.6 Å². The van der Waals surface area contributed by atoms with Crippen LogP contribution in [0.4, 0.5) is 5.69 Å². The number of hydrogen-bond acceptors (Lipinski definition) is 5. The van der Waals surface area contributed by atoms with Crippen molar-refractivity contribution >= 4 is 22.8 Å². The van der Waals surface area contributed by atoms with E-state index in [9.17, 15) is 4.79 Å². The number of hydrogen-bond donors (Lipinski definition) is 1. The topological polar surface area (TPSA) is 71.0 Å². The molecule has 0 saturated carbocycles. The number of carbonyl (C=O) groups excluding carboxylic acids is 1. The first-order valence-electron chi connectivity index (χ1n) is 10.1. The number of nitrogens with zero attached hydrogens (tertiary/aromatic N) is 4. The van der Waals surface area contributed by atoms with Gasteiger partial charge in [-0.15, -0.1) is 0 Å². The van der Waals surface area contributed by atoms with Crippen molar-refractivity contribution in [3.05, 3.63) is 36.3 Å². The zero-order valence-corrected chi connectivity index (χ0v) is 15.7. The van der Waals surface area contributed by atoms with Crippen molar-refractivity contribution in [3.8, 4) is 0 Å². The zero-order valence-electron chi connectivity index (χ0n) is 15.7. The summed E-state index contributed by atoms with van der Waals surface area (Å²) in [6.45, 7) is 2.44. The van der Waals surface area contributed by atoms with Gasteiger partial charge in [-0.25, -0.2) is 9.97 Å². The van der Waals surface area contributed by atoms with Crippen LogP contribution in [0, 0.1) is 5.92 Å². The molecule has 0 unspecified atom stereocenters. The normalized spacial score (nSPS) is 20.4. The first kappa shape index (κ1) is 17.9. The van der Waals surface area contributed by atoms with Gasteiger partial charge in [0.2, 0.25) is 5.91 Å². The Kier molecular flexibility index (Phi) is 5.61. The van der Waals surface area contributed by atoms with Crippen molar-refractivity contribution < 1.29 is 4.79 Å². The number of aromatic nitrogens is 3. The highest BCUT2D eigenvalue weighted by molar-refractivity contribution is 5.80. The molecule has 1 saturated heterocycles. The van der Waals surface area contributed by atoms with E-state index in [-0.39, 0.29) is 11.8 Å². The third-order valence-electron chi connectivity index (χ3n) is 5.60. The van der Waals surface area contributed by atoms with Gasteiger partial charge < -0.3 is 10.2 Å². The van der Waals surface area contributed by atoms with E-state index in [0.717, 1.165) is 50.1 Å². The van der Waals surface area contributed by atoms with Crippen LogP contribution >= 0.6 is 0 Å². The SMILES string of the molecule is O=C(NCCC1=CCCCC1)[C@H]1CCCN(c2cnc3nccnc3c2)C1. The monoisotopic (exact) mass is 365 g/mol. The summed E-state index contributed by atoms with van der Waals surface area (Å²) in [6.07, 6.45) is 15.5. The maximum absolute atomic E-state index is 12.6. The Balaban J connectivity index is 1.34. The molecule has 6 nitrogen and oxygen atoms in total. The van der Waals surface area contributed by atoms with Crippen molar-refractivity contribution in [1.29, 1.82) is 0 Å². The number of pyridine rings is 1. The molecule has 27 heavy (non-hydrogen) atoms. The summed E-state index contributed by atoms with van der Waals surface area (Å²) in [6, 6.07) is 2.02. The molecule has 2 aromatic rings. The van der Waals surface area contributed by atoms with Crippen LogP contribution in [0.1, 0.15) is 44.9 Å². The second kappa shape index (κ2) is 8.46. The molecule has 2 aliphatic rings. The second-order valence-corrected chi connectivity index (χ2v) is 7.53. The van der Waals surface area contributed by atoms with E-state index >= 15 is 0 Å². The largest absolute Gasteiger partial charge is 0.369 e. The predicted octanol–water partition coefficient (Wildman–Crippen LogP) is 3.25. The third-order valence-corrected chi connectivity index (χ3v) is 5.60. The van der Waals surface area contributed by atoms with Gasteiger partial charge in [0.05, 0.1) is 17.8 Å². The lowest BCUT2D eigenvalue weighted by Crippen LogP contribution is -2.43. The zero-order chi connectivity index (χ0) is 18.5. The average Bonchev–Trinajstić information content (AvgIpc) is 2.74. The van der Waals surface area contributed by atoms with Crippen LogP contribution in [0.2, 0.25) is 0 Å². The molecule has 1 atom stereocenters. The minimum absolute atomic E-state index is 0.0386. The second-order valence-electron chi connectivity index (χ2n) is 7.53. The van der Waals surface area contributed by atoms with Crippen LogP contribution in [-0.2, 0) is 4.79 Å². The molecular formula is C21H27N5O. The van der Waals surface area contributed by atoms with Gasteiger partial charge in [-0.3, -0.25) is 9.78 Å². The molecule has 3 heterocycles. The Hall–Kier alpha value is -2.50. The van der Waals surface area contributed by atoms with E-state index in [0.29, 0.717) is 5.65 Å². The molecule has 0 aromatic carbocycles. The summed E-state index contributed by atoms with van der Waals surface area (Å²) < 4.78 is 0. The molecular weight excluding hydrogens is 338 g/mol. The maximum Gasteiger partial charge on any atom is 0.224 e. The molecule has 1 N–H and O–H groups in total. The Labute approximate surface area is 160 Å².